The van der Waals surface area contributed by atoms with Crippen molar-refractivity contribution in [2.24, 2.45) is 0 Å². The maximum atomic E-state index is 6.18. The van der Waals surface area contributed by atoms with Gasteiger partial charge in [-0.25, -0.2) is 9.97 Å². The molecule has 27 heavy (non-hydrogen) atoms. The van der Waals surface area contributed by atoms with Gasteiger partial charge in [0.15, 0.2) is 0 Å². The minimum absolute atomic E-state index is 0.627. The van der Waals surface area contributed by atoms with Crippen LogP contribution in [0.25, 0.3) is 0 Å². The van der Waals surface area contributed by atoms with E-state index in [-0.39, 0.29) is 0 Å². The van der Waals surface area contributed by atoms with E-state index < -0.39 is 0 Å². The van der Waals surface area contributed by atoms with E-state index >= 15 is 0 Å². The number of aryl methyl sites for hydroxylation is 2. The van der Waals surface area contributed by atoms with Crippen molar-refractivity contribution in [2.45, 2.75) is 13.8 Å². The van der Waals surface area contributed by atoms with Crippen molar-refractivity contribution in [1.82, 2.24) is 9.97 Å². The normalized spacial score (nSPS) is 10.4. The third kappa shape index (κ3) is 4.41. The van der Waals surface area contributed by atoms with Crippen molar-refractivity contribution in [3.63, 3.8) is 0 Å². The summed E-state index contributed by atoms with van der Waals surface area (Å²) in [7, 11) is 3.24. The minimum Gasteiger partial charge on any atom is -0.495 e. The summed E-state index contributed by atoms with van der Waals surface area (Å²) in [6, 6.07) is 13.2. The summed E-state index contributed by atoms with van der Waals surface area (Å²) in [5, 5.41) is 7.20. The van der Waals surface area contributed by atoms with Crippen molar-refractivity contribution >= 4 is 34.6 Å². The lowest BCUT2D eigenvalue weighted by atomic mass is 10.2. The molecule has 2 N–H and O–H groups in total. The van der Waals surface area contributed by atoms with Crippen molar-refractivity contribution in [3.8, 4) is 11.5 Å². The largest absolute Gasteiger partial charge is 0.495 e. The molecule has 1 aromatic heterocycles. The molecule has 140 valence electrons. The van der Waals surface area contributed by atoms with Crippen LogP contribution in [0.4, 0.5) is 23.0 Å². The number of nitrogens with zero attached hydrogens (tertiary/aromatic N) is 2. The maximum Gasteiger partial charge on any atom is 0.143 e. The fourth-order valence-electron chi connectivity index (χ4n) is 2.65. The third-order valence-electron chi connectivity index (χ3n) is 3.95. The molecule has 0 saturated carbocycles. The summed E-state index contributed by atoms with van der Waals surface area (Å²) in [5.41, 5.74) is 2.54. The van der Waals surface area contributed by atoms with E-state index in [1.54, 1.807) is 20.3 Å². The van der Waals surface area contributed by atoms with Gasteiger partial charge in [0.2, 0.25) is 0 Å². The molecule has 0 bridgehead atoms. The molecule has 1 heterocycles. The first-order chi connectivity index (χ1) is 13.0. The van der Waals surface area contributed by atoms with Gasteiger partial charge in [-0.3, -0.25) is 0 Å². The summed E-state index contributed by atoms with van der Waals surface area (Å²) in [5.74, 6) is 3.29. The van der Waals surface area contributed by atoms with Crippen LogP contribution in [0.3, 0.4) is 0 Å². The molecule has 0 aliphatic carbocycles. The van der Waals surface area contributed by atoms with Crippen LogP contribution in [0.2, 0.25) is 5.02 Å². The lowest BCUT2D eigenvalue weighted by molar-refractivity contribution is 0.416. The fraction of sp³-hybridized carbons (Fsp3) is 0.200. The lowest BCUT2D eigenvalue weighted by Gasteiger charge is -2.15. The number of para-hydroxylation sites is 2. The number of methoxy groups -OCH3 is 2. The molecule has 0 atom stereocenters. The Kier molecular flexibility index (Phi) is 5.66. The number of ether oxygens (including phenoxy) is 2. The van der Waals surface area contributed by atoms with E-state index in [9.17, 15) is 0 Å². The Morgan fingerprint density at radius 3 is 2.11 bits per heavy atom. The highest BCUT2D eigenvalue weighted by Crippen LogP contribution is 2.33. The Labute approximate surface area is 163 Å². The number of halogens is 1. The Bertz CT molecular complexity index is 963. The van der Waals surface area contributed by atoms with Crippen molar-refractivity contribution in [1.29, 1.82) is 0 Å². The first-order valence-corrected chi connectivity index (χ1v) is 8.75. The van der Waals surface area contributed by atoms with Crippen molar-refractivity contribution in [2.75, 3.05) is 24.9 Å². The van der Waals surface area contributed by atoms with E-state index in [2.05, 4.69) is 20.6 Å². The summed E-state index contributed by atoms with van der Waals surface area (Å²) in [6.45, 7) is 3.77. The molecule has 2 aromatic carbocycles. The lowest BCUT2D eigenvalue weighted by Crippen LogP contribution is -2.03. The topological polar surface area (TPSA) is 68.3 Å². The molecule has 0 unspecified atom stereocenters. The standard InChI is InChI=1S/C20H21ClN4O2/c1-12-9-16(18(27-4)10-14(12)21)25-20-11-19(22-13(2)23-20)24-15-7-5-6-8-17(15)26-3/h5-11H,1-4H3,(H2,22,23,24,25). The van der Waals surface area contributed by atoms with Crippen LogP contribution < -0.4 is 20.1 Å². The van der Waals surface area contributed by atoms with Gasteiger partial charge in [-0.15, -0.1) is 0 Å². The highest BCUT2D eigenvalue weighted by atomic mass is 35.5. The van der Waals surface area contributed by atoms with Gasteiger partial charge in [-0.2, -0.15) is 0 Å². The average Bonchev–Trinajstić information content (AvgIpc) is 2.64. The quantitative estimate of drug-likeness (QED) is 0.604. The van der Waals surface area contributed by atoms with Gasteiger partial charge >= 0.3 is 0 Å². The van der Waals surface area contributed by atoms with Gasteiger partial charge in [0.05, 0.1) is 25.6 Å². The van der Waals surface area contributed by atoms with E-state index in [0.29, 0.717) is 28.2 Å². The summed E-state index contributed by atoms with van der Waals surface area (Å²) >= 11 is 6.18. The number of benzene rings is 2. The van der Waals surface area contributed by atoms with Crippen LogP contribution in [0.15, 0.2) is 42.5 Å². The first kappa shape index (κ1) is 18.8. The molecule has 3 aromatic rings. The zero-order valence-corrected chi connectivity index (χ0v) is 16.4. The smallest absolute Gasteiger partial charge is 0.143 e. The van der Waals surface area contributed by atoms with Crippen molar-refractivity contribution < 1.29 is 9.47 Å². The molecule has 0 aliphatic rings. The predicted molar refractivity (Wildman–Crippen MR) is 109 cm³/mol. The van der Waals surface area contributed by atoms with E-state index in [1.165, 1.54) is 0 Å². The van der Waals surface area contributed by atoms with E-state index in [4.69, 9.17) is 21.1 Å². The van der Waals surface area contributed by atoms with E-state index in [0.717, 1.165) is 22.7 Å². The molecule has 0 spiro atoms. The SMILES string of the molecule is COc1ccccc1Nc1cc(Nc2cc(C)c(Cl)cc2OC)nc(C)n1. The third-order valence-corrected chi connectivity index (χ3v) is 4.36. The Balaban J connectivity index is 1.91. The van der Waals surface area contributed by atoms with Crippen LogP contribution in [-0.4, -0.2) is 24.2 Å². The number of hydrogen-bond donors (Lipinski definition) is 2. The Hall–Kier alpha value is -2.99. The Morgan fingerprint density at radius 1 is 0.815 bits per heavy atom. The number of aromatic nitrogens is 2. The molecule has 0 radical (unpaired) electrons. The fourth-order valence-corrected chi connectivity index (χ4v) is 2.80. The molecule has 0 aliphatic heterocycles. The molecule has 0 saturated heterocycles. The van der Waals surface area contributed by atoms with Crippen LogP contribution in [-0.2, 0) is 0 Å². The minimum atomic E-state index is 0.627. The molecule has 0 fully saturated rings. The van der Waals surface area contributed by atoms with Crippen LogP contribution in [0.5, 0.6) is 11.5 Å². The van der Waals surface area contributed by atoms with Gasteiger partial charge in [0.1, 0.15) is 29.0 Å². The molecule has 0 amide bonds. The Morgan fingerprint density at radius 2 is 1.44 bits per heavy atom. The number of anilines is 4. The molecular weight excluding hydrogens is 364 g/mol. The first-order valence-electron chi connectivity index (χ1n) is 8.37. The second-order valence-corrected chi connectivity index (χ2v) is 6.34. The number of hydrogen-bond acceptors (Lipinski definition) is 6. The van der Waals surface area contributed by atoms with Crippen LogP contribution in [0, 0.1) is 13.8 Å². The molecule has 6 nitrogen and oxygen atoms in total. The molecular formula is C20H21ClN4O2. The average molecular weight is 385 g/mol. The van der Waals surface area contributed by atoms with Crippen molar-refractivity contribution in [3.05, 3.63) is 58.9 Å². The second-order valence-electron chi connectivity index (χ2n) is 5.94. The predicted octanol–water partition coefficient (Wildman–Crippen LogP) is 5.25. The zero-order valence-electron chi connectivity index (χ0n) is 15.6. The monoisotopic (exact) mass is 384 g/mol. The molecule has 3 rings (SSSR count). The maximum absolute atomic E-state index is 6.18. The zero-order chi connectivity index (χ0) is 19.4. The van der Waals surface area contributed by atoms with Crippen LogP contribution >= 0.6 is 11.6 Å². The number of nitrogens with one attached hydrogen (secondary N) is 2. The second kappa shape index (κ2) is 8.14. The summed E-state index contributed by atoms with van der Waals surface area (Å²) in [4.78, 5) is 8.91. The van der Waals surface area contributed by atoms with E-state index in [1.807, 2.05) is 50.2 Å². The highest BCUT2D eigenvalue weighted by molar-refractivity contribution is 6.31. The van der Waals surface area contributed by atoms with Gasteiger partial charge in [-0.05, 0) is 37.6 Å². The summed E-state index contributed by atoms with van der Waals surface area (Å²) < 4.78 is 10.8. The van der Waals surface area contributed by atoms with Gasteiger partial charge < -0.3 is 20.1 Å². The summed E-state index contributed by atoms with van der Waals surface area (Å²) in [6.07, 6.45) is 0. The number of rotatable bonds is 6. The highest BCUT2D eigenvalue weighted by Gasteiger charge is 2.10. The van der Waals surface area contributed by atoms with Gasteiger partial charge in [-0.1, -0.05) is 23.7 Å². The van der Waals surface area contributed by atoms with Gasteiger partial charge in [0.25, 0.3) is 0 Å². The van der Waals surface area contributed by atoms with Gasteiger partial charge in [0, 0.05) is 17.2 Å². The molecule has 7 heteroatoms. The van der Waals surface area contributed by atoms with Crippen LogP contribution in [0.1, 0.15) is 11.4 Å².